The molecular weight excluding hydrogens is 258 g/mol. The van der Waals surface area contributed by atoms with Crippen molar-refractivity contribution in [2.45, 2.75) is 25.9 Å². The van der Waals surface area contributed by atoms with E-state index in [1.54, 1.807) is 0 Å². The molecule has 3 nitrogen and oxygen atoms in total. The Bertz CT molecular complexity index is 589. The second-order valence-electron chi connectivity index (χ2n) is 5.35. The first-order valence-electron chi connectivity index (χ1n) is 6.70. The van der Waals surface area contributed by atoms with Gasteiger partial charge in [0, 0.05) is 35.6 Å². The van der Waals surface area contributed by atoms with Gasteiger partial charge in [-0.2, -0.15) is 0 Å². The maximum atomic E-state index is 6.18. The number of hydrogen-bond acceptors (Lipinski definition) is 3. The van der Waals surface area contributed by atoms with Crippen LogP contribution in [0.25, 0.3) is 10.9 Å². The normalized spacial score (nSPS) is 23.8. The zero-order valence-electron chi connectivity index (χ0n) is 11.2. The van der Waals surface area contributed by atoms with E-state index in [-0.39, 0.29) is 0 Å². The fourth-order valence-electron chi connectivity index (χ4n) is 2.80. The summed E-state index contributed by atoms with van der Waals surface area (Å²) < 4.78 is 0. The summed E-state index contributed by atoms with van der Waals surface area (Å²) in [7, 11) is 0. The molecule has 2 atom stereocenters. The summed E-state index contributed by atoms with van der Waals surface area (Å²) in [6.07, 6.45) is 0. The van der Waals surface area contributed by atoms with Crippen LogP contribution in [-0.4, -0.2) is 30.2 Å². The monoisotopic (exact) mass is 275 g/mol. The fraction of sp³-hybridized carbons (Fsp3) is 0.400. The zero-order chi connectivity index (χ0) is 13.4. The number of nitrogens with one attached hydrogen (secondary N) is 1. The molecule has 100 valence electrons. The molecular formula is C15H18ClN3. The summed E-state index contributed by atoms with van der Waals surface area (Å²) in [5, 5.41) is 5.31. The first kappa shape index (κ1) is 12.7. The smallest absolute Gasteiger partial charge is 0.129 e. The highest BCUT2D eigenvalue weighted by molar-refractivity contribution is 6.35. The van der Waals surface area contributed by atoms with Gasteiger partial charge >= 0.3 is 0 Å². The minimum absolute atomic E-state index is 0.487. The number of fused-ring (bicyclic) bond motifs is 1. The molecule has 0 radical (unpaired) electrons. The van der Waals surface area contributed by atoms with Gasteiger partial charge < -0.3 is 10.2 Å². The maximum absolute atomic E-state index is 6.18. The molecule has 3 rings (SSSR count). The van der Waals surface area contributed by atoms with E-state index in [2.05, 4.69) is 36.2 Å². The van der Waals surface area contributed by atoms with E-state index in [0.717, 1.165) is 34.8 Å². The van der Waals surface area contributed by atoms with Crippen molar-refractivity contribution in [3.63, 3.8) is 0 Å². The average Bonchev–Trinajstić information content (AvgIpc) is 2.37. The van der Waals surface area contributed by atoms with Gasteiger partial charge in [0.05, 0.1) is 5.52 Å². The lowest BCUT2D eigenvalue weighted by Crippen LogP contribution is -2.54. The first-order chi connectivity index (χ1) is 9.13. The Kier molecular flexibility index (Phi) is 3.33. The standard InChI is InChI=1S/C15H18ClN3/c1-10-8-19(9-11(2)17-10)15-7-6-12-13(16)4-3-5-14(12)18-15/h3-7,10-11,17H,8-9H2,1-2H3/t10-,11+. The predicted octanol–water partition coefficient (Wildman–Crippen LogP) is 3.07. The Balaban J connectivity index is 1.97. The number of aromatic nitrogens is 1. The van der Waals surface area contributed by atoms with Crippen LogP contribution in [0.3, 0.4) is 0 Å². The van der Waals surface area contributed by atoms with Crippen LogP contribution in [0.15, 0.2) is 30.3 Å². The van der Waals surface area contributed by atoms with Crippen molar-refractivity contribution in [3.05, 3.63) is 35.4 Å². The SMILES string of the molecule is C[C@@H]1CN(c2ccc3c(Cl)cccc3n2)C[C@H](C)N1. The van der Waals surface area contributed by atoms with Crippen molar-refractivity contribution in [3.8, 4) is 0 Å². The third-order valence-electron chi connectivity index (χ3n) is 3.55. The van der Waals surface area contributed by atoms with Crippen molar-refractivity contribution in [1.82, 2.24) is 10.3 Å². The number of piperazine rings is 1. The van der Waals surface area contributed by atoms with Crippen LogP contribution < -0.4 is 10.2 Å². The van der Waals surface area contributed by atoms with Crippen molar-refractivity contribution in [2.24, 2.45) is 0 Å². The summed E-state index contributed by atoms with van der Waals surface area (Å²) in [4.78, 5) is 7.08. The van der Waals surface area contributed by atoms with Crippen LogP contribution in [0.4, 0.5) is 5.82 Å². The largest absolute Gasteiger partial charge is 0.353 e. The molecule has 0 unspecified atom stereocenters. The number of benzene rings is 1. The van der Waals surface area contributed by atoms with Gasteiger partial charge in [0.1, 0.15) is 5.82 Å². The molecule has 4 heteroatoms. The third-order valence-corrected chi connectivity index (χ3v) is 3.88. The van der Waals surface area contributed by atoms with E-state index in [0.29, 0.717) is 12.1 Å². The summed E-state index contributed by atoms with van der Waals surface area (Å²) >= 11 is 6.18. The summed E-state index contributed by atoms with van der Waals surface area (Å²) in [5.41, 5.74) is 0.962. The van der Waals surface area contributed by atoms with Gasteiger partial charge in [-0.15, -0.1) is 0 Å². The number of halogens is 1. The first-order valence-corrected chi connectivity index (χ1v) is 7.07. The quantitative estimate of drug-likeness (QED) is 0.867. The Hall–Kier alpha value is -1.32. The van der Waals surface area contributed by atoms with E-state index in [9.17, 15) is 0 Å². The topological polar surface area (TPSA) is 28.2 Å². The van der Waals surface area contributed by atoms with Gasteiger partial charge in [-0.25, -0.2) is 4.98 Å². The molecule has 0 bridgehead atoms. The molecule has 1 aliphatic rings. The second-order valence-corrected chi connectivity index (χ2v) is 5.76. The van der Waals surface area contributed by atoms with Gasteiger partial charge in [0.25, 0.3) is 0 Å². The highest BCUT2D eigenvalue weighted by Crippen LogP contribution is 2.25. The van der Waals surface area contributed by atoms with Gasteiger partial charge in [-0.1, -0.05) is 17.7 Å². The van der Waals surface area contributed by atoms with E-state index >= 15 is 0 Å². The van der Waals surface area contributed by atoms with E-state index in [1.807, 2.05) is 18.2 Å². The molecule has 0 aliphatic carbocycles. The predicted molar refractivity (Wildman–Crippen MR) is 81.0 cm³/mol. The molecule has 1 N–H and O–H groups in total. The van der Waals surface area contributed by atoms with E-state index in [1.165, 1.54) is 0 Å². The van der Waals surface area contributed by atoms with Crippen LogP contribution in [0, 0.1) is 0 Å². The molecule has 1 aliphatic heterocycles. The Labute approximate surface area is 118 Å². The van der Waals surface area contributed by atoms with Crippen molar-refractivity contribution in [2.75, 3.05) is 18.0 Å². The lowest BCUT2D eigenvalue weighted by molar-refractivity contribution is 0.405. The van der Waals surface area contributed by atoms with Crippen molar-refractivity contribution in [1.29, 1.82) is 0 Å². The van der Waals surface area contributed by atoms with Crippen LogP contribution in [-0.2, 0) is 0 Å². The molecule has 1 fully saturated rings. The number of nitrogens with zero attached hydrogens (tertiary/aromatic N) is 2. The van der Waals surface area contributed by atoms with Gasteiger partial charge in [0.2, 0.25) is 0 Å². The molecule has 2 heterocycles. The molecule has 1 aromatic carbocycles. The minimum atomic E-state index is 0.487. The zero-order valence-corrected chi connectivity index (χ0v) is 12.0. The van der Waals surface area contributed by atoms with Crippen LogP contribution in [0.1, 0.15) is 13.8 Å². The Morgan fingerprint density at radius 1 is 1.16 bits per heavy atom. The molecule has 1 saturated heterocycles. The lowest BCUT2D eigenvalue weighted by Gasteiger charge is -2.37. The lowest BCUT2D eigenvalue weighted by atomic mass is 10.1. The molecule has 0 spiro atoms. The van der Waals surface area contributed by atoms with Crippen LogP contribution in [0.2, 0.25) is 5.02 Å². The van der Waals surface area contributed by atoms with E-state index in [4.69, 9.17) is 16.6 Å². The highest BCUT2D eigenvalue weighted by atomic mass is 35.5. The molecule has 19 heavy (non-hydrogen) atoms. The molecule has 0 amide bonds. The van der Waals surface area contributed by atoms with Gasteiger partial charge in [-0.3, -0.25) is 0 Å². The van der Waals surface area contributed by atoms with Crippen LogP contribution >= 0.6 is 11.6 Å². The average molecular weight is 276 g/mol. The Morgan fingerprint density at radius 3 is 2.63 bits per heavy atom. The highest BCUT2D eigenvalue weighted by Gasteiger charge is 2.21. The molecule has 1 aromatic heterocycles. The number of hydrogen-bond donors (Lipinski definition) is 1. The third kappa shape index (κ3) is 2.53. The fourth-order valence-corrected chi connectivity index (χ4v) is 3.03. The maximum Gasteiger partial charge on any atom is 0.129 e. The summed E-state index contributed by atoms with van der Waals surface area (Å²) in [6.45, 7) is 6.40. The number of pyridine rings is 1. The number of rotatable bonds is 1. The van der Waals surface area contributed by atoms with E-state index < -0.39 is 0 Å². The molecule has 0 saturated carbocycles. The van der Waals surface area contributed by atoms with Crippen LogP contribution in [0.5, 0.6) is 0 Å². The van der Waals surface area contributed by atoms with Gasteiger partial charge in [-0.05, 0) is 38.1 Å². The van der Waals surface area contributed by atoms with Gasteiger partial charge in [0.15, 0.2) is 0 Å². The Morgan fingerprint density at radius 2 is 1.89 bits per heavy atom. The number of anilines is 1. The second kappa shape index (κ2) is 4.99. The minimum Gasteiger partial charge on any atom is -0.353 e. The summed E-state index contributed by atoms with van der Waals surface area (Å²) in [6, 6.07) is 11.0. The van der Waals surface area contributed by atoms with Crippen molar-refractivity contribution >= 4 is 28.3 Å². The van der Waals surface area contributed by atoms with Crippen molar-refractivity contribution < 1.29 is 0 Å². The molecule has 2 aromatic rings. The summed E-state index contributed by atoms with van der Waals surface area (Å²) in [5.74, 6) is 1.04.